The van der Waals surface area contributed by atoms with E-state index in [9.17, 15) is 4.79 Å². The van der Waals surface area contributed by atoms with Gasteiger partial charge in [-0.3, -0.25) is 10.1 Å². The van der Waals surface area contributed by atoms with Crippen LogP contribution in [-0.2, 0) is 16.0 Å². The van der Waals surface area contributed by atoms with Crippen LogP contribution in [0.25, 0.3) is 10.9 Å². The molecule has 0 amide bonds. The van der Waals surface area contributed by atoms with Crippen molar-refractivity contribution in [3.63, 3.8) is 0 Å². The number of ether oxygens (including phenoxy) is 2. The standard InChI is InChI=1S/C20H20N2O3/c1-24-13-7-5-6-12(10-13)18-19-15(11-17(22-18)20(23)25-2)14-8-3-4-9-16(14)21-19/h3-10,17-18,21-22H,11H2,1-2H3/t17-,18+/m0/s1. The molecule has 2 aromatic carbocycles. The monoisotopic (exact) mass is 336 g/mol. The molecule has 1 aromatic heterocycles. The second-order valence-corrected chi connectivity index (χ2v) is 6.22. The number of nitrogens with one attached hydrogen (secondary N) is 2. The molecule has 5 heteroatoms. The molecule has 128 valence electrons. The molecule has 0 saturated heterocycles. The third kappa shape index (κ3) is 2.66. The van der Waals surface area contributed by atoms with E-state index in [1.165, 1.54) is 7.11 Å². The number of fused-ring (bicyclic) bond motifs is 3. The average Bonchev–Trinajstić information content (AvgIpc) is 3.05. The van der Waals surface area contributed by atoms with E-state index in [0.29, 0.717) is 6.42 Å². The van der Waals surface area contributed by atoms with Crippen LogP contribution in [0.2, 0.25) is 0 Å². The highest BCUT2D eigenvalue weighted by Gasteiger charge is 2.34. The first-order chi connectivity index (χ1) is 12.2. The van der Waals surface area contributed by atoms with Crippen molar-refractivity contribution in [1.29, 1.82) is 0 Å². The molecule has 3 aromatic rings. The first kappa shape index (κ1) is 15.7. The van der Waals surface area contributed by atoms with Crippen LogP contribution in [0.5, 0.6) is 5.75 Å². The van der Waals surface area contributed by atoms with Crippen LogP contribution in [0, 0.1) is 0 Å². The molecule has 4 rings (SSSR count). The van der Waals surface area contributed by atoms with Gasteiger partial charge in [0, 0.05) is 23.0 Å². The molecule has 0 unspecified atom stereocenters. The number of aromatic nitrogens is 1. The van der Waals surface area contributed by atoms with E-state index in [1.807, 2.05) is 36.4 Å². The van der Waals surface area contributed by atoms with E-state index in [0.717, 1.165) is 33.5 Å². The summed E-state index contributed by atoms with van der Waals surface area (Å²) in [6.07, 6.45) is 0.604. The lowest BCUT2D eigenvalue weighted by Gasteiger charge is -2.30. The van der Waals surface area contributed by atoms with Gasteiger partial charge in [0.1, 0.15) is 11.8 Å². The summed E-state index contributed by atoms with van der Waals surface area (Å²) >= 11 is 0. The van der Waals surface area contributed by atoms with Crippen molar-refractivity contribution in [1.82, 2.24) is 10.3 Å². The van der Waals surface area contributed by atoms with Gasteiger partial charge >= 0.3 is 5.97 Å². The van der Waals surface area contributed by atoms with E-state index < -0.39 is 0 Å². The van der Waals surface area contributed by atoms with Crippen LogP contribution in [0.3, 0.4) is 0 Å². The number of carbonyl (C=O) groups is 1. The molecule has 0 saturated carbocycles. The van der Waals surface area contributed by atoms with Gasteiger partial charge < -0.3 is 14.5 Å². The van der Waals surface area contributed by atoms with E-state index in [1.54, 1.807) is 7.11 Å². The maximum Gasteiger partial charge on any atom is 0.323 e. The van der Waals surface area contributed by atoms with E-state index in [4.69, 9.17) is 9.47 Å². The maximum atomic E-state index is 12.2. The first-order valence-corrected chi connectivity index (χ1v) is 8.28. The summed E-state index contributed by atoms with van der Waals surface area (Å²) in [4.78, 5) is 15.7. The predicted octanol–water partition coefficient (Wildman–Crippen LogP) is 2.95. The molecule has 5 nitrogen and oxygen atoms in total. The van der Waals surface area contributed by atoms with Crippen molar-refractivity contribution in [2.45, 2.75) is 18.5 Å². The summed E-state index contributed by atoms with van der Waals surface area (Å²) in [6.45, 7) is 0. The molecule has 2 N–H and O–H groups in total. The summed E-state index contributed by atoms with van der Waals surface area (Å²) in [5, 5.41) is 4.58. The number of hydrogen-bond donors (Lipinski definition) is 2. The summed E-state index contributed by atoms with van der Waals surface area (Å²) in [5.41, 5.74) is 4.38. The second-order valence-electron chi connectivity index (χ2n) is 6.22. The van der Waals surface area contributed by atoms with Gasteiger partial charge in [-0.15, -0.1) is 0 Å². The lowest BCUT2D eigenvalue weighted by atomic mass is 9.90. The van der Waals surface area contributed by atoms with Crippen LogP contribution < -0.4 is 10.1 Å². The Morgan fingerprint density at radius 1 is 1.12 bits per heavy atom. The van der Waals surface area contributed by atoms with Gasteiger partial charge in [-0.2, -0.15) is 0 Å². The van der Waals surface area contributed by atoms with Crippen molar-refractivity contribution in [3.8, 4) is 5.75 Å². The van der Waals surface area contributed by atoms with Crippen molar-refractivity contribution < 1.29 is 14.3 Å². The summed E-state index contributed by atoms with van der Waals surface area (Å²) in [5.74, 6) is 0.543. The molecule has 0 aliphatic carbocycles. The van der Waals surface area contributed by atoms with Gasteiger partial charge in [-0.25, -0.2) is 0 Å². The van der Waals surface area contributed by atoms with E-state index in [2.05, 4.69) is 22.4 Å². The summed E-state index contributed by atoms with van der Waals surface area (Å²) < 4.78 is 10.3. The highest BCUT2D eigenvalue weighted by atomic mass is 16.5. The second kappa shape index (κ2) is 6.26. The Morgan fingerprint density at radius 2 is 1.96 bits per heavy atom. The number of methoxy groups -OCH3 is 2. The fourth-order valence-electron chi connectivity index (χ4n) is 3.61. The molecular weight excluding hydrogens is 316 g/mol. The molecule has 0 fully saturated rings. The molecule has 0 bridgehead atoms. The number of hydrogen-bond acceptors (Lipinski definition) is 4. The van der Waals surface area contributed by atoms with Crippen LogP contribution >= 0.6 is 0 Å². The zero-order valence-corrected chi connectivity index (χ0v) is 14.2. The number of esters is 1. The van der Waals surface area contributed by atoms with Crippen molar-refractivity contribution in [3.05, 3.63) is 65.4 Å². The van der Waals surface area contributed by atoms with Crippen LogP contribution in [0.15, 0.2) is 48.5 Å². The molecule has 0 spiro atoms. The minimum atomic E-state index is -0.382. The Labute approximate surface area is 146 Å². The summed E-state index contributed by atoms with van der Waals surface area (Å²) in [6, 6.07) is 15.6. The fraction of sp³-hybridized carbons (Fsp3) is 0.250. The zero-order valence-electron chi connectivity index (χ0n) is 14.2. The van der Waals surface area contributed by atoms with Crippen LogP contribution in [0.1, 0.15) is 22.9 Å². The minimum absolute atomic E-state index is 0.129. The topological polar surface area (TPSA) is 63.4 Å². The minimum Gasteiger partial charge on any atom is -0.497 e. The number of benzene rings is 2. The smallest absolute Gasteiger partial charge is 0.323 e. The van der Waals surface area contributed by atoms with Crippen molar-refractivity contribution >= 4 is 16.9 Å². The summed E-state index contributed by atoms with van der Waals surface area (Å²) in [7, 11) is 3.08. The normalized spacial score (nSPS) is 19.4. The van der Waals surface area contributed by atoms with Gasteiger partial charge in [0.25, 0.3) is 0 Å². The molecule has 0 radical (unpaired) electrons. The highest BCUT2D eigenvalue weighted by Crippen LogP contribution is 2.36. The van der Waals surface area contributed by atoms with Crippen LogP contribution in [0.4, 0.5) is 0 Å². The number of rotatable bonds is 3. The Kier molecular flexibility index (Phi) is 3.93. The Bertz CT molecular complexity index is 932. The Hall–Kier alpha value is -2.79. The van der Waals surface area contributed by atoms with Crippen LogP contribution in [-0.4, -0.2) is 31.2 Å². The third-order valence-corrected chi connectivity index (χ3v) is 4.82. The Balaban J connectivity index is 1.87. The lowest BCUT2D eigenvalue weighted by molar-refractivity contribution is -0.143. The number of para-hydroxylation sites is 1. The quantitative estimate of drug-likeness (QED) is 0.722. The molecule has 2 atom stereocenters. The first-order valence-electron chi connectivity index (χ1n) is 8.28. The highest BCUT2D eigenvalue weighted by molar-refractivity contribution is 5.87. The number of H-pyrrole nitrogens is 1. The predicted molar refractivity (Wildman–Crippen MR) is 95.8 cm³/mol. The zero-order chi connectivity index (χ0) is 17.4. The SMILES string of the molecule is COC(=O)[C@@H]1Cc2c([nH]c3ccccc23)[C@@H](c2cccc(OC)c2)N1. The molecule has 2 heterocycles. The van der Waals surface area contributed by atoms with Gasteiger partial charge in [0.15, 0.2) is 0 Å². The van der Waals surface area contributed by atoms with E-state index in [-0.39, 0.29) is 18.1 Å². The van der Waals surface area contributed by atoms with Gasteiger partial charge in [-0.1, -0.05) is 30.3 Å². The fourth-order valence-corrected chi connectivity index (χ4v) is 3.61. The van der Waals surface area contributed by atoms with E-state index >= 15 is 0 Å². The third-order valence-electron chi connectivity index (χ3n) is 4.82. The average molecular weight is 336 g/mol. The van der Waals surface area contributed by atoms with Crippen molar-refractivity contribution in [2.24, 2.45) is 0 Å². The number of carbonyl (C=O) groups excluding carboxylic acids is 1. The molecule has 1 aliphatic heterocycles. The number of aromatic amines is 1. The maximum absolute atomic E-state index is 12.2. The molecule has 25 heavy (non-hydrogen) atoms. The van der Waals surface area contributed by atoms with Gasteiger partial charge in [0.2, 0.25) is 0 Å². The largest absolute Gasteiger partial charge is 0.497 e. The lowest BCUT2D eigenvalue weighted by Crippen LogP contribution is -2.45. The molecule has 1 aliphatic rings. The van der Waals surface area contributed by atoms with Gasteiger partial charge in [-0.05, 0) is 29.3 Å². The Morgan fingerprint density at radius 3 is 2.76 bits per heavy atom. The molecular formula is C20H20N2O3. The van der Waals surface area contributed by atoms with Crippen molar-refractivity contribution in [2.75, 3.05) is 14.2 Å². The van der Waals surface area contributed by atoms with Gasteiger partial charge in [0.05, 0.1) is 20.3 Å².